The maximum absolute atomic E-state index is 13.6. The van der Waals surface area contributed by atoms with E-state index in [1.807, 2.05) is 11.9 Å². The van der Waals surface area contributed by atoms with Crippen molar-refractivity contribution in [1.29, 1.82) is 0 Å². The molecular formula is C32H34N4O4. The van der Waals surface area contributed by atoms with Crippen LogP contribution in [0.15, 0.2) is 72.6 Å². The highest BCUT2D eigenvalue weighted by molar-refractivity contribution is 6.37. The lowest BCUT2D eigenvalue weighted by Crippen LogP contribution is -2.48. The van der Waals surface area contributed by atoms with Gasteiger partial charge in [0.2, 0.25) is 5.91 Å². The van der Waals surface area contributed by atoms with Gasteiger partial charge in [0.25, 0.3) is 5.91 Å². The number of methoxy groups -OCH3 is 1. The second-order valence-corrected chi connectivity index (χ2v) is 9.37. The quantitative estimate of drug-likeness (QED) is 0.356. The van der Waals surface area contributed by atoms with Crippen molar-refractivity contribution in [3.63, 3.8) is 0 Å². The van der Waals surface area contributed by atoms with Crippen LogP contribution in [0, 0.1) is 0 Å². The third-order valence-electron chi connectivity index (χ3n) is 6.73. The Morgan fingerprint density at radius 1 is 1.02 bits per heavy atom. The Labute approximate surface area is 251 Å². The molecule has 2 aliphatic rings. The summed E-state index contributed by atoms with van der Waals surface area (Å²) in [6.07, 6.45) is -0.701. The predicted octanol–water partition coefficient (Wildman–Crippen LogP) is 3.79. The summed E-state index contributed by atoms with van der Waals surface area (Å²) in [5.74, 6) is -2.49. The lowest BCUT2D eigenvalue weighted by atomic mass is 9.90. The Kier molecular flexibility index (Phi) is 4.77. The summed E-state index contributed by atoms with van der Waals surface area (Å²) < 4.78 is 107. The first-order chi connectivity index (χ1) is 24.3. The number of fused-ring (bicyclic) bond motifs is 1. The van der Waals surface area contributed by atoms with Crippen molar-refractivity contribution in [1.82, 2.24) is 9.80 Å². The van der Waals surface area contributed by atoms with Crippen molar-refractivity contribution in [2.45, 2.75) is 6.42 Å². The van der Waals surface area contributed by atoms with Crippen LogP contribution in [0.5, 0.6) is 0 Å². The van der Waals surface area contributed by atoms with E-state index in [1.165, 1.54) is 25.3 Å². The number of amides is 2. The first-order valence-corrected chi connectivity index (χ1v) is 12.5. The number of allylic oxidation sites excluding steroid dienone is 1. The lowest BCUT2D eigenvalue weighted by molar-refractivity contribution is -0.119. The van der Waals surface area contributed by atoms with Gasteiger partial charge in [-0.15, -0.1) is 0 Å². The second-order valence-electron chi connectivity index (χ2n) is 9.37. The van der Waals surface area contributed by atoms with Crippen molar-refractivity contribution >= 4 is 40.3 Å². The Balaban J connectivity index is 1.72. The number of hydrogen-bond acceptors (Lipinski definition) is 6. The summed E-state index contributed by atoms with van der Waals surface area (Å²) in [6, 6.07) is -2.88. The van der Waals surface area contributed by atoms with Gasteiger partial charge in [0.15, 0.2) is 0 Å². The fourth-order valence-electron chi connectivity index (χ4n) is 4.52. The van der Waals surface area contributed by atoms with E-state index in [2.05, 4.69) is 5.32 Å². The van der Waals surface area contributed by atoms with Crippen molar-refractivity contribution in [2.24, 2.45) is 0 Å². The molecule has 3 aromatic rings. The molecule has 0 spiro atoms. The van der Waals surface area contributed by atoms with E-state index in [0.29, 0.717) is 26.2 Å². The number of anilines is 2. The van der Waals surface area contributed by atoms with Crippen molar-refractivity contribution in [2.75, 3.05) is 64.1 Å². The van der Waals surface area contributed by atoms with E-state index >= 15 is 0 Å². The van der Waals surface area contributed by atoms with Gasteiger partial charge in [-0.05, 0) is 54.4 Å². The topological polar surface area (TPSA) is 82.2 Å². The third kappa shape index (κ3) is 5.83. The maximum atomic E-state index is 13.6. The molecule has 0 aliphatic carbocycles. The Bertz CT molecular complexity index is 1990. The van der Waals surface area contributed by atoms with Gasteiger partial charge in [0, 0.05) is 54.2 Å². The molecule has 2 heterocycles. The molecule has 2 amide bonds. The summed E-state index contributed by atoms with van der Waals surface area (Å²) in [5, 5.41) is 2.58. The van der Waals surface area contributed by atoms with E-state index in [-0.39, 0.29) is 39.4 Å². The number of esters is 1. The summed E-state index contributed by atoms with van der Waals surface area (Å²) in [5.41, 5.74) is -1.78. The number of hydrogen-bond donors (Lipinski definition) is 1. The van der Waals surface area contributed by atoms with Crippen molar-refractivity contribution in [3.05, 3.63) is 94.8 Å². The van der Waals surface area contributed by atoms with Crippen molar-refractivity contribution < 1.29 is 35.6 Å². The summed E-state index contributed by atoms with van der Waals surface area (Å²) in [4.78, 5) is 43.4. The molecule has 8 nitrogen and oxygen atoms in total. The molecule has 0 atom stereocenters. The molecule has 1 fully saturated rings. The zero-order valence-electron chi connectivity index (χ0n) is 33.9. The predicted molar refractivity (Wildman–Crippen MR) is 157 cm³/mol. The number of benzene rings is 3. The molecule has 206 valence electrons. The van der Waals surface area contributed by atoms with Crippen LogP contribution in [0.3, 0.4) is 0 Å². The fraction of sp³-hybridized carbons (Fsp3) is 0.281. The van der Waals surface area contributed by atoms with Crippen LogP contribution < -0.4 is 10.2 Å². The molecule has 2 aliphatic heterocycles. The van der Waals surface area contributed by atoms with Crippen LogP contribution >= 0.6 is 0 Å². The molecule has 5 rings (SSSR count). The van der Waals surface area contributed by atoms with Gasteiger partial charge < -0.3 is 19.9 Å². The summed E-state index contributed by atoms with van der Waals surface area (Å²) >= 11 is 0. The van der Waals surface area contributed by atoms with E-state index < -0.39 is 102 Å². The average molecular weight is 551 g/mol. The number of ether oxygens (including phenoxy) is 1. The average Bonchev–Trinajstić information content (AvgIpc) is 3.42. The van der Waals surface area contributed by atoms with Gasteiger partial charge in [0.05, 0.1) is 37.1 Å². The normalized spacial score (nSPS) is 21.3. The number of nitrogens with zero attached hydrogens (tertiary/aromatic N) is 3. The van der Waals surface area contributed by atoms with Gasteiger partial charge in [0.1, 0.15) is 0 Å². The van der Waals surface area contributed by atoms with Crippen LogP contribution in [0.25, 0.3) is 11.1 Å². The van der Waals surface area contributed by atoms with Gasteiger partial charge >= 0.3 is 5.97 Å². The monoisotopic (exact) mass is 550 g/mol. The first kappa shape index (κ1) is 16.1. The first-order valence-electron chi connectivity index (χ1n) is 18.5. The molecule has 8 heteroatoms. The van der Waals surface area contributed by atoms with E-state index in [4.69, 9.17) is 21.2 Å². The number of piperazine rings is 1. The van der Waals surface area contributed by atoms with Crippen LogP contribution in [-0.4, -0.2) is 81.4 Å². The highest BCUT2D eigenvalue weighted by Crippen LogP contribution is 2.39. The van der Waals surface area contributed by atoms with Gasteiger partial charge in [-0.25, -0.2) is 4.79 Å². The third-order valence-corrected chi connectivity index (χ3v) is 6.73. The van der Waals surface area contributed by atoms with Gasteiger partial charge in [-0.2, -0.15) is 0 Å². The van der Waals surface area contributed by atoms with Crippen LogP contribution in [-0.2, 0) is 20.7 Å². The molecule has 1 N–H and O–H groups in total. The molecule has 0 bridgehead atoms. The molecule has 0 saturated carbocycles. The molecule has 40 heavy (non-hydrogen) atoms. The molecule has 1 saturated heterocycles. The Morgan fingerprint density at radius 3 is 2.42 bits per heavy atom. The SMILES string of the molecule is [2H]c1c([2H])c([2H])c(/C(Cc2c([2H])c([2H])c(N(C(=O)CN3CCN(C)CC3)C([2H])([2H])[2H])c([2H])c2[2H])=C2/C(=O)Nc3cc(C(=O)OC)ccc32)c([2H])c1[2H]. The number of nitrogens with one attached hydrogen (secondary N) is 1. The summed E-state index contributed by atoms with van der Waals surface area (Å²) in [7, 11) is 3.07. The smallest absolute Gasteiger partial charge is 0.337 e. The highest BCUT2D eigenvalue weighted by atomic mass is 16.5. The second kappa shape index (κ2) is 11.9. The Morgan fingerprint density at radius 2 is 1.75 bits per heavy atom. The standard InChI is InChI=1S/C32H34N4O4/c1-34-15-17-36(18-16-34)21-29(37)35(2)25-12-9-22(10-13-25)19-27(23-7-5-4-6-8-23)30-26-14-11-24(32(39)40-3)20-28(26)33-31(30)38/h4-14,20H,15-19,21H2,1-3H3,(H,33,38)/b30-27+/i2D3,4D,5D,6D,7D,8D,9D,10D,12D,13D. The minimum Gasteiger partial charge on any atom is -0.465 e. The zero-order chi connectivity index (χ0) is 38.6. The molecular weight excluding hydrogens is 504 g/mol. The van der Waals surface area contributed by atoms with Gasteiger partial charge in [-0.3, -0.25) is 14.5 Å². The van der Waals surface area contributed by atoms with E-state index in [0.717, 1.165) is 0 Å². The van der Waals surface area contributed by atoms with Crippen LogP contribution in [0.1, 0.15) is 43.5 Å². The minimum absolute atomic E-state index is 0.0725. The summed E-state index contributed by atoms with van der Waals surface area (Å²) in [6.45, 7) is -1.40. The Hall–Kier alpha value is -4.27. The molecule has 0 unspecified atom stereocenters. The fourth-order valence-corrected chi connectivity index (χ4v) is 4.52. The van der Waals surface area contributed by atoms with E-state index in [1.54, 1.807) is 4.90 Å². The number of carbonyl (C=O) groups excluding carboxylic acids is 3. The number of carbonyl (C=O) groups is 3. The van der Waals surface area contributed by atoms with Crippen LogP contribution in [0.4, 0.5) is 11.4 Å². The molecule has 3 aromatic carbocycles. The van der Waals surface area contributed by atoms with Crippen molar-refractivity contribution in [3.8, 4) is 0 Å². The maximum Gasteiger partial charge on any atom is 0.337 e. The van der Waals surface area contributed by atoms with Crippen LogP contribution in [0.2, 0.25) is 0 Å². The largest absolute Gasteiger partial charge is 0.465 e. The lowest BCUT2D eigenvalue weighted by Gasteiger charge is -2.32. The number of likely N-dealkylation sites (N-methyl/N-ethyl adjacent to an activating group) is 2. The minimum atomic E-state index is -3.20. The van der Waals surface area contributed by atoms with Gasteiger partial charge in [-0.1, -0.05) is 48.4 Å². The zero-order valence-corrected chi connectivity index (χ0v) is 21.9. The van der Waals surface area contributed by atoms with E-state index in [9.17, 15) is 14.4 Å². The highest BCUT2D eigenvalue weighted by Gasteiger charge is 2.29. The number of rotatable bonds is 7. The molecule has 0 radical (unpaired) electrons. The molecule has 0 aromatic heterocycles.